The van der Waals surface area contributed by atoms with Crippen molar-refractivity contribution in [1.82, 2.24) is 5.06 Å². The number of rotatable bonds is 15. The van der Waals surface area contributed by atoms with Crippen molar-refractivity contribution in [3.63, 3.8) is 0 Å². The molecule has 2 N–H and O–H groups in total. The first-order valence-corrected chi connectivity index (χ1v) is 8.42. The fraction of sp³-hybridized carbons (Fsp3) is 0.938. The zero-order valence-electron chi connectivity index (χ0n) is 13.6. The third-order valence-electron chi connectivity index (χ3n) is 3.41. The summed E-state index contributed by atoms with van der Waals surface area (Å²) in [5, 5.41) is 18.9. The van der Waals surface area contributed by atoms with Gasteiger partial charge < -0.3 is 15.1 Å². The maximum atomic E-state index is 11.6. The molecule has 0 atom stereocenters. The van der Waals surface area contributed by atoms with E-state index in [0.717, 1.165) is 12.8 Å². The molecule has 0 saturated carbocycles. The summed E-state index contributed by atoms with van der Waals surface area (Å²) in [6.07, 6.45) is 11.3. The third kappa shape index (κ3) is 16.7. The Hall–Kier alpha value is 0.350. The molecule has 0 aromatic carbocycles. The van der Waals surface area contributed by atoms with E-state index in [1.54, 1.807) is 0 Å². The summed E-state index contributed by atoms with van der Waals surface area (Å²) in [6, 6.07) is 0. The molecule has 0 radical (unpaired) electrons. The van der Waals surface area contributed by atoms with Crippen molar-refractivity contribution < 1.29 is 19.8 Å². The Labute approximate surface area is 157 Å². The molecule has 0 amide bonds. The Bertz CT molecular complexity index is 236. The predicted molar refractivity (Wildman–Crippen MR) is 90.8 cm³/mol. The van der Waals surface area contributed by atoms with Crippen molar-refractivity contribution in [1.29, 1.82) is 0 Å². The van der Waals surface area contributed by atoms with Gasteiger partial charge in [-0.25, -0.2) is 0 Å². The van der Waals surface area contributed by atoms with E-state index in [0.29, 0.717) is 6.42 Å². The fourth-order valence-electron chi connectivity index (χ4n) is 2.20. The summed E-state index contributed by atoms with van der Waals surface area (Å²) >= 11 is 0. The van der Waals surface area contributed by atoms with Crippen LogP contribution in [0, 0.1) is 0 Å². The summed E-state index contributed by atoms with van der Waals surface area (Å²) < 4.78 is 0. The monoisotopic (exact) mass is 327 g/mol. The van der Waals surface area contributed by atoms with Gasteiger partial charge in [0.15, 0.2) is 0 Å². The van der Waals surface area contributed by atoms with Crippen LogP contribution in [0.4, 0.5) is 0 Å². The molecule has 0 aliphatic carbocycles. The van der Waals surface area contributed by atoms with Crippen LogP contribution in [-0.4, -0.2) is 77.1 Å². The van der Waals surface area contributed by atoms with Gasteiger partial charge >= 0.3 is 35.5 Å². The number of aliphatic hydroxyl groups excluding tert-OH is 2. The first-order chi connectivity index (χ1) is 10.2. The number of aliphatic hydroxyl groups is 2. The van der Waals surface area contributed by atoms with Crippen LogP contribution in [0.5, 0.6) is 0 Å². The molecule has 0 rings (SSSR count). The Morgan fingerprint density at radius 1 is 0.864 bits per heavy atom. The van der Waals surface area contributed by atoms with Crippen LogP contribution in [0.25, 0.3) is 0 Å². The van der Waals surface area contributed by atoms with Gasteiger partial charge in [0, 0.05) is 6.42 Å². The number of hydrogen-bond donors (Lipinski definition) is 2. The van der Waals surface area contributed by atoms with Gasteiger partial charge in [-0.2, -0.15) is 0 Å². The number of hydroxylamine groups is 2. The number of unbranched alkanes of at least 4 members (excludes halogenated alkanes) is 8. The number of carbonyl (C=O) groups is 1. The second-order valence-corrected chi connectivity index (χ2v) is 5.42. The second-order valence-electron chi connectivity index (χ2n) is 5.42. The molecule has 0 bridgehead atoms. The molecule has 5 nitrogen and oxygen atoms in total. The van der Waals surface area contributed by atoms with E-state index in [1.165, 1.54) is 50.0 Å². The minimum absolute atomic E-state index is 0. The van der Waals surface area contributed by atoms with Crippen molar-refractivity contribution in [2.45, 2.75) is 71.1 Å². The van der Waals surface area contributed by atoms with E-state index in [4.69, 9.17) is 15.1 Å². The van der Waals surface area contributed by atoms with Gasteiger partial charge in [-0.3, -0.25) is 4.79 Å². The summed E-state index contributed by atoms with van der Waals surface area (Å²) in [6.45, 7) is 2.52. The minimum atomic E-state index is -0.278. The first kappa shape index (κ1) is 24.6. The molecular formula is C16H34NNaO4. The zero-order chi connectivity index (χ0) is 15.8. The van der Waals surface area contributed by atoms with Crippen LogP contribution in [-0.2, 0) is 9.63 Å². The van der Waals surface area contributed by atoms with Crippen molar-refractivity contribution in [3.8, 4) is 0 Å². The Balaban J connectivity index is 0. The molecule has 22 heavy (non-hydrogen) atoms. The Morgan fingerprint density at radius 3 is 1.77 bits per heavy atom. The molecule has 6 heteroatoms. The Morgan fingerprint density at radius 2 is 1.32 bits per heavy atom. The normalized spacial score (nSPS) is 10.5. The third-order valence-corrected chi connectivity index (χ3v) is 3.41. The molecule has 128 valence electrons. The van der Waals surface area contributed by atoms with E-state index >= 15 is 0 Å². The van der Waals surface area contributed by atoms with E-state index < -0.39 is 0 Å². The SMILES string of the molecule is CCCCCCCCCCCC(=O)ON(CCO)CCO.[NaH]. The molecule has 0 saturated heterocycles. The molecule has 0 aromatic heterocycles. The molecule has 0 heterocycles. The summed E-state index contributed by atoms with van der Waals surface area (Å²) in [5.74, 6) is -0.278. The standard InChI is InChI=1S/C16H33NO4.Na.H/c1-2-3-4-5-6-7-8-9-10-11-16(20)21-17(12-14-18)13-15-19;;/h18-19H,2-15H2,1H3;;. The van der Waals surface area contributed by atoms with Crippen molar-refractivity contribution in [3.05, 3.63) is 0 Å². The topological polar surface area (TPSA) is 70.0 Å². The first-order valence-electron chi connectivity index (χ1n) is 8.42. The van der Waals surface area contributed by atoms with Gasteiger partial charge in [0.05, 0.1) is 26.3 Å². The average Bonchev–Trinajstić information content (AvgIpc) is 2.46. The molecule has 0 unspecified atom stereocenters. The molecule has 0 aliphatic rings. The molecule has 0 spiro atoms. The fourth-order valence-corrected chi connectivity index (χ4v) is 2.20. The van der Waals surface area contributed by atoms with Crippen LogP contribution in [0.3, 0.4) is 0 Å². The quantitative estimate of drug-likeness (QED) is 0.273. The van der Waals surface area contributed by atoms with Crippen molar-refractivity contribution in [2.75, 3.05) is 26.3 Å². The van der Waals surface area contributed by atoms with E-state index in [9.17, 15) is 4.79 Å². The van der Waals surface area contributed by atoms with E-state index in [1.807, 2.05) is 0 Å². The Kier molecular flexibility index (Phi) is 21.7. The number of carbonyl (C=O) groups excluding carboxylic acids is 1. The van der Waals surface area contributed by atoms with Crippen LogP contribution < -0.4 is 0 Å². The van der Waals surface area contributed by atoms with Gasteiger partial charge in [-0.05, 0) is 6.42 Å². The van der Waals surface area contributed by atoms with Gasteiger partial charge in [0.1, 0.15) is 0 Å². The predicted octanol–water partition coefficient (Wildman–Crippen LogP) is 2.00. The molecule has 0 aliphatic heterocycles. The second kappa shape index (κ2) is 19.4. The van der Waals surface area contributed by atoms with Gasteiger partial charge in [0.25, 0.3) is 0 Å². The van der Waals surface area contributed by atoms with Crippen molar-refractivity contribution in [2.24, 2.45) is 0 Å². The molecule has 0 aromatic rings. The van der Waals surface area contributed by atoms with Crippen LogP contribution in [0.15, 0.2) is 0 Å². The van der Waals surface area contributed by atoms with Crippen LogP contribution in [0.1, 0.15) is 71.1 Å². The van der Waals surface area contributed by atoms with E-state index in [-0.39, 0.29) is 61.8 Å². The van der Waals surface area contributed by atoms with Crippen LogP contribution in [0.2, 0.25) is 0 Å². The molecular weight excluding hydrogens is 293 g/mol. The summed E-state index contributed by atoms with van der Waals surface area (Å²) in [7, 11) is 0. The average molecular weight is 327 g/mol. The van der Waals surface area contributed by atoms with Gasteiger partial charge in [0.2, 0.25) is 0 Å². The number of hydrogen-bond acceptors (Lipinski definition) is 5. The zero-order valence-corrected chi connectivity index (χ0v) is 13.6. The summed E-state index contributed by atoms with van der Waals surface area (Å²) in [4.78, 5) is 16.7. The van der Waals surface area contributed by atoms with Crippen molar-refractivity contribution >= 4 is 35.5 Å². The van der Waals surface area contributed by atoms with Gasteiger partial charge in [-0.15, -0.1) is 5.06 Å². The number of nitrogens with zero attached hydrogens (tertiary/aromatic N) is 1. The summed E-state index contributed by atoms with van der Waals surface area (Å²) in [5.41, 5.74) is 0. The molecule has 0 fully saturated rings. The van der Waals surface area contributed by atoms with Crippen LogP contribution >= 0.6 is 0 Å². The maximum absolute atomic E-state index is 11.6. The van der Waals surface area contributed by atoms with Gasteiger partial charge in [-0.1, -0.05) is 58.3 Å². The van der Waals surface area contributed by atoms with E-state index in [2.05, 4.69) is 6.92 Å².